The van der Waals surface area contributed by atoms with E-state index in [4.69, 9.17) is 25.7 Å². The van der Waals surface area contributed by atoms with Gasteiger partial charge in [-0.1, -0.05) is 0 Å². The first kappa shape index (κ1) is 12.8. The van der Waals surface area contributed by atoms with Crippen LogP contribution in [0.2, 0.25) is 0 Å². The molecular formula is C8H20N2O3. The van der Waals surface area contributed by atoms with Gasteiger partial charge in [-0.25, -0.2) is 0 Å². The number of nitrogens with two attached hydrogens (primary N) is 2. The Hall–Kier alpha value is -0.200. The fraction of sp³-hybridized carbons (Fsp3) is 1.00. The summed E-state index contributed by atoms with van der Waals surface area (Å²) in [5, 5.41) is 0. The van der Waals surface area contributed by atoms with Crippen LogP contribution in [-0.4, -0.2) is 25.0 Å². The zero-order valence-electron chi connectivity index (χ0n) is 8.69. The van der Waals surface area contributed by atoms with Crippen LogP contribution in [0.1, 0.15) is 27.7 Å². The Morgan fingerprint density at radius 2 is 1.00 bits per heavy atom. The lowest BCUT2D eigenvalue weighted by molar-refractivity contribution is -0.251. The lowest BCUT2D eigenvalue weighted by atomic mass is 10.6. The van der Waals surface area contributed by atoms with Crippen LogP contribution in [0.4, 0.5) is 0 Å². The molecule has 0 spiro atoms. The highest BCUT2D eigenvalue weighted by Crippen LogP contribution is 2.03. The molecule has 13 heavy (non-hydrogen) atoms. The molecule has 0 fully saturated rings. The smallest absolute Gasteiger partial charge is 0.160 e. The van der Waals surface area contributed by atoms with Crippen molar-refractivity contribution in [2.24, 2.45) is 11.5 Å². The average Bonchev–Trinajstić information content (AvgIpc) is 1.80. The second-order valence-electron chi connectivity index (χ2n) is 2.95. The molecule has 0 aromatic carbocycles. The molecule has 5 nitrogen and oxygen atoms in total. The third-order valence-corrected chi connectivity index (χ3v) is 1.20. The minimum atomic E-state index is -0.395. The Balaban J connectivity index is 3.58. The van der Waals surface area contributed by atoms with Gasteiger partial charge in [-0.05, 0) is 27.7 Å². The number of hydrogen-bond donors (Lipinski definition) is 2. The molecule has 4 N–H and O–H groups in total. The van der Waals surface area contributed by atoms with E-state index in [9.17, 15) is 0 Å². The first-order chi connectivity index (χ1) is 5.91. The van der Waals surface area contributed by atoms with E-state index in [-0.39, 0.29) is 12.5 Å². The number of hydrogen-bond acceptors (Lipinski definition) is 5. The molecule has 5 heteroatoms. The van der Waals surface area contributed by atoms with E-state index in [1.165, 1.54) is 0 Å². The van der Waals surface area contributed by atoms with Crippen molar-refractivity contribution in [3.8, 4) is 0 Å². The predicted octanol–water partition coefficient (Wildman–Crippen LogP) is 0.338. The van der Waals surface area contributed by atoms with Gasteiger partial charge in [0.15, 0.2) is 12.6 Å². The molecule has 0 rings (SSSR count). The van der Waals surface area contributed by atoms with E-state index in [1.807, 2.05) is 0 Å². The Morgan fingerprint density at radius 1 is 0.692 bits per heavy atom. The summed E-state index contributed by atoms with van der Waals surface area (Å²) in [5.41, 5.74) is 10.8. The largest absolute Gasteiger partial charge is 0.335 e. The fourth-order valence-corrected chi connectivity index (χ4v) is 0.939. The zero-order valence-corrected chi connectivity index (χ0v) is 8.69. The Morgan fingerprint density at radius 3 is 1.23 bits per heavy atom. The van der Waals surface area contributed by atoms with Crippen molar-refractivity contribution in [2.75, 3.05) is 0 Å². The third kappa shape index (κ3) is 8.14. The van der Waals surface area contributed by atoms with Crippen LogP contribution in [0.3, 0.4) is 0 Å². The molecule has 0 aromatic heterocycles. The summed E-state index contributed by atoms with van der Waals surface area (Å²) < 4.78 is 15.5. The molecule has 0 aliphatic carbocycles. The number of rotatable bonds is 6. The van der Waals surface area contributed by atoms with Gasteiger partial charge in [0.2, 0.25) is 0 Å². The van der Waals surface area contributed by atoms with E-state index in [2.05, 4.69) is 0 Å². The van der Waals surface area contributed by atoms with Gasteiger partial charge >= 0.3 is 0 Å². The van der Waals surface area contributed by atoms with E-state index >= 15 is 0 Å². The molecule has 0 aliphatic heterocycles. The highest BCUT2D eigenvalue weighted by atomic mass is 16.8. The molecule has 4 atom stereocenters. The summed E-state index contributed by atoms with van der Waals surface area (Å²) >= 11 is 0. The maximum absolute atomic E-state index is 5.40. The highest BCUT2D eigenvalue weighted by Gasteiger charge is 2.11. The van der Waals surface area contributed by atoms with Crippen LogP contribution in [0.15, 0.2) is 0 Å². The molecule has 0 aliphatic rings. The van der Waals surface area contributed by atoms with Crippen LogP contribution in [0.5, 0.6) is 0 Å². The maximum atomic E-state index is 5.40. The average molecular weight is 192 g/mol. The molecule has 0 heterocycles. The summed E-state index contributed by atoms with van der Waals surface area (Å²) in [6.07, 6.45) is -1.49. The molecule has 0 saturated heterocycles. The van der Waals surface area contributed by atoms with Gasteiger partial charge in [0, 0.05) is 0 Å². The quantitative estimate of drug-likeness (QED) is 0.593. The van der Waals surface area contributed by atoms with Crippen molar-refractivity contribution in [3.05, 3.63) is 0 Å². The molecule has 0 aromatic rings. The molecule has 0 amide bonds. The molecule has 80 valence electrons. The molecular weight excluding hydrogens is 172 g/mol. The summed E-state index contributed by atoms with van der Waals surface area (Å²) in [7, 11) is 0. The van der Waals surface area contributed by atoms with Gasteiger partial charge < -0.3 is 25.7 Å². The van der Waals surface area contributed by atoms with Gasteiger partial charge in [0.05, 0.1) is 0 Å². The van der Waals surface area contributed by atoms with Crippen LogP contribution in [-0.2, 0) is 14.2 Å². The summed E-state index contributed by atoms with van der Waals surface area (Å²) in [6, 6.07) is 0. The normalized spacial score (nSPS) is 20.8. The van der Waals surface area contributed by atoms with Crippen LogP contribution in [0, 0.1) is 0 Å². The Bertz CT molecular complexity index is 117. The Kier molecular flexibility index (Phi) is 6.19. The van der Waals surface area contributed by atoms with Gasteiger partial charge in [-0.2, -0.15) is 0 Å². The zero-order chi connectivity index (χ0) is 10.4. The van der Waals surface area contributed by atoms with E-state index in [1.54, 1.807) is 27.7 Å². The minimum absolute atomic E-state index is 0.350. The van der Waals surface area contributed by atoms with Crippen LogP contribution < -0.4 is 11.5 Å². The molecule has 4 unspecified atom stereocenters. The second kappa shape index (κ2) is 6.28. The van der Waals surface area contributed by atoms with Crippen molar-refractivity contribution in [2.45, 2.75) is 52.7 Å². The first-order valence-corrected chi connectivity index (χ1v) is 4.39. The van der Waals surface area contributed by atoms with Crippen molar-refractivity contribution in [1.29, 1.82) is 0 Å². The Labute approximate surface area is 79.3 Å². The first-order valence-electron chi connectivity index (χ1n) is 4.39. The minimum Gasteiger partial charge on any atom is -0.335 e. The predicted molar refractivity (Wildman–Crippen MR) is 49.5 cm³/mol. The van der Waals surface area contributed by atoms with Gasteiger partial charge in [0.25, 0.3) is 0 Å². The maximum Gasteiger partial charge on any atom is 0.160 e. The third-order valence-electron chi connectivity index (χ3n) is 1.20. The molecule has 0 saturated carbocycles. The van der Waals surface area contributed by atoms with E-state index in [0.717, 1.165) is 0 Å². The lowest BCUT2D eigenvalue weighted by Gasteiger charge is -2.22. The second-order valence-corrected chi connectivity index (χ2v) is 2.95. The monoisotopic (exact) mass is 192 g/mol. The fourth-order valence-electron chi connectivity index (χ4n) is 0.939. The van der Waals surface area contributed by atoms with Crippen LogP contribution in [0.25, 0.3) is 0 Å². The number of ether oxygens (including phenoxy) is 3. The molecule has 0 radical (unpaired) electrons. The topological polar surface area (TPSA) is 79.7 Å². The standard InChI is InChI=1S/C8H20N2O3/c1-5(9)11-7(3)13-8(4)12-6(2)10/h5-8H,9-10H2,1-4H3. The SMILES string of the molecule is CC(N)OC(C)OC(C)OC(C)N. The summed E-state index contributed by atoms with van der Waals surface area (Å²) in [4.78, 5) is 0. The highest BCUT2D eigenvalue weighted by molar-refractivity contribution is 4.41. The summed E-state index contributed by atoms with van der Waals surface area (Å²) in [6.45, 7) is 6.97. The lowest BCUT2D eigenvalue weighted by Crippen LogP contribution is -2.32. The van der Waals surface area contributed by atoms with Crippen molar-refractivity contribution < 1.29 is 14.2 Å². The van der Waals surface area contributed by atoms with Gasteiger partial charge in [0.1, 0.15) is 12.5 Å². The summed E-state index contributed by atoms with van der Waals surface area (Å²) in [5.74, 6) is 0. The van der Waals surface area contributed by atoms with Crippen molar-refractivity contribution in [1.82, 2.24) is 0 Å². The van der Waals surface area contributed by atoms with Crippen molar-refractivity contribution >= 4 is 0 Å². The van der Waals surface area contributed by atoms with Gasteiger partial charge in [-0.3, -0.25) is 0 Å². The van der Waals surface area contributed by atoms with E-state index < -0.39 is 12.6 Å². The van der Waals surface area contributed by atoms with Gasteiger partial charge in [-0.15, -0.1) is 0 Å². The molecule has 0 bridgehead atoms. The van der Waals surface area contributed by atoms with Crippen molar-refractivity contribution in [3.63, 3.8) is 0 Å². The van der Waals surface area contributed by atoms with Crippen LogP contribution >= 0.6 is 0 Å². The van der Waals surface area contributed by atoms with E-state index in [0.29, 0.717) is 0 Å².